The molecule has 2 rings (SSSR count). The Morgan fingerprint density at radius 1 is 1.30 bits per heavy atom. The van der Waals surface area contributed by atoms with E-state index in [4.69, 9.17) is 11.6 Å². The topological polar surface area (TPSA) is 79.3 Å². The number of para-hydroxylation sites is 1. The molecule has 2 aromatic rings. The highest BCUT2D eigenvalue weighted by Crippen LogP contribution is 2.25. The predicted octanol–water partition coefficient (Wildman–Crippen LogP) is 2.59. The van der Waals surface area contributed by atoms with Crippen molar-refractivity contribution in [1.29, 1.82) is 0 Å². The molecule has 1 heterocycles. The number of nitrogens with zero attached hydrogens (tertiary/aromatic N) is 1. The van der Waals surface area contributed by atoms with Crippen LogP contribution in [-0.2, 0) is 10.0 Å². The lowest BCUT2D eigenvalue weighted by Crippen LogP contribution is -2.15. The van der Waals surface area contributed by atoms with Crippen molar-refractivity contribution in [1.82, 2.24) is 4.98 Å². The number of hydrogen-bond acceptors (Lipinski definition) is 4. The Balaban J connectivity index is 2.39. The van der Waals surface area contributed by atoms with E-state index in [0.717, 1.165) is 0 Å². The third-order valence-electron chi connectivity index (χ3n) is 2.66. The van der Waals surface area contributed by atoms with Crippen molar-refractivity contribution in [3.05, 3.63) is 53.3 Å². The number of aliphatic hydroxyl groups excluding tert-OH is 1. The highest BCUT2D eigenvalue weighted by atomic mass is 35.5. The van der Waals surface area contributed by atoms with Gasteiger partial charge in [-0.2, -0.15) is 0 Å². The van der Waals surface area contributed by atoms with Crippen LogP contribution in [0.2, 0.25) is 5.15 Å². The number of pyridine rings is 1. The van der Waals surface area contributed by atoms with Crippen molar-refractivity contribution in [2.45, 2.75) is 17.9 Å². The summed E-state index contributed by atoms with van der Waals surface area (Å²) in [6.45, 7) is 1.57. The van der Waals surface area contributed by atoms with Crippen molar-refractivity contribution >= 4 is 27.3 Å². The fraction of sp³-hybridized carbons (Fsp3) is 0.154. The SMILES string of the molecule is CC(O)c1ccccc1NS(=O)(=O)c1ccnc(Cl)c1. The zero-order valence-corrected chi connectivity index (χ0v) is 12.2. The van der Waals surface area contributed by atoms with E-state index < -0.39 is 16.1 Å². The monoisotopic (exact) mass is 312 g/mol. The van der Waals surface area contributed by atoms with Crippen LogP contribution in [0.1, 0.15) is 18.6 Å². The lowest BCUT2D eigenvalue weighted by molar-refractivity contribution is 0.200. The zero-order valence-electron chi connectivity index (χ0n) is 10.6. The average Bonchev–Trinajstić information content (AvgIpc) is 2.38. The Labute approximate surface area is 122 Å². The number of anilines is 1. The summed E-state index contributed by atoms with van der Waals surface area (Å²) in [6.07, 6.45) is 0.534. The van der Waals surface area contributed by atoms with Crippen molar-refractivity contribution in [2.24, 2.45) is 0 Å². The lowest BCUT2D eigenvalue weighted by Gasteiger charge is -2.14. The van der Waals surface area contributed by atoms with E-state index in [-0.39, 0.29) is 10.0 Å². The molecule has 0 bridgehead atoms. The first-order valence-electron chi connectivity index (χ1n) is 5.81. The number of benzene rings is 1. The van der Waals surface area contributed by atoms with E-state index in [9.17, 15) is 13.5 Å². The van der Waals surface area contributed by atoms with Crippen LogP contribution in [0.5, 0.6) is 0 Å². The molecule has 1 aromatic carbocycles. The van der Waals surface area contributed by atoms with Gasteiger partial charge in [-0.25, -0.2) is 13.4 Å². The Morgan fingerprint density at radius 3 is 2.65 bits per heavy atom. The minimum atomic E-state index is -3.78. The van der Waals surface area contributed by atoms with E-state index in [1.165, 1.54) is 18.3 Å². The molecule has 0 radical (unpaired) electrons. The van der Waals surface area contributed by atoms with Crippen molar-refractivity contribution in [2.75, 3.05) is 4.72 Å². The van der Waals surface area contributed by atoms with Gasteiger partial charge in [-0.05, 0) is 25.1 Å². The summed E-state index contributed by atoms with van der Waals surface area (Å²) >= 11 is 5.69. The van der Waals surface area contributed by atoms with Crippen LogP contribution in [-0.4, -0.2) is 18.5 Å². The van der Waals surface area contributed by atoms with Gasteiger partial charge in [-0.1, -0.05) is 29.8 Å². The van der Waals surface area contributed by atoms with Gasteiger partial charge in [0.2, 0.25) is 0 Å². The van der Waals surface area contributed by atoms with Crippen LogP contribution in [0.25, 0.3) is 0 Å². The normalized spacial score (nSPS) is 12.9. The van der Waals surface area contributed by atoms with Gasteiger partial charge < -0.3 is 5.11 Å². The third-order valence-corrected chi connectivity index (χ3v) is 4.23. The second-order valence-corrected chi connectivity index (χ2v) is 6.25. The highest BCUT2D eigenvalue weighted by molar-refractivity contribution is 7.92. The van der Waals surface area contributed by atoms with E-state index >= 15 is 0 Å². The van der Waals surface area contributed by atoms with Crippen LogP contribution in [0.4, 0.5) is 5.69 Å². The molecule has 20 heavy (non-hydrogen) atoms. The van der Waals surface area contributed by atoms with E-state index in [0.29, 0.717) is 11.3 Å². The van der Waals surface area contributed by atoms with Gasteiger partial charge in [0.05, 0.1) is 16.7 Å². The van der Waals surface area contributed by atoms with Gasteiger partial charge in [0.25, 0.3) is 10.0 Å². The Hall–Kier alpha value is -1.63. The summed E-state index contributed by atoms with van der Waals surface area (Å²) < 4.78 is 26.9. The first kappa shape index (κ1) is 14.8. The van der Waals surface area contributed by atoms with E-state index in [1.807, 2.05) is 0 Å². The minimum Gasteiger partial charge on any atom is -0.389 e. The van der Waals surface area contributed by atoms with Gasteiger partial charge in [0.15, 0.2) is 0 Å². The maximum absolute atomic E-state index is 12.2. The molecule has 0 amide bonds. The molecule has 1 aromatic heterocycles. The lowest BCUT2D eigenvalue weighted by atomic mass is 10.1. The predicted molar refractivity (Wildman–Crippen MR) is 77.1 cm³/mol. The maximum atomic E-state index is 12.2. The van der Waals surface area contributed by atoms with Crippen molar-refractivity contribution in [3.8, 4) is 0 Å². The fourth-order valence-corrected chi connectivity index (χ4v) is 3.05. The molecule has 106 valence electrons. The molecular weight excluding hydrogens is 300 g/mol. The average molecular weight is 313 g/mol. The van der Waals surface area contributed by atoms with Gasteiger partial charge >= 0.3 is 0 Å². The number of halogens is 1. The highest BCUT2D eigenvalue weighted by Gasteiger charge is 2.17. The van der Waals surface area contributed by atoms with Gasteiger partial charge in [-0.15, -0.1) is 0 Å². The molecule has 5 nitrogen and oxygen atoms in total. The molecule has 0 saturated heterocycles. The molecule has 0 aliphatic heterocycles. The molecule has 0 saturated carbocycles. The number of nitrogens with one attached hydrogen (secondary N) is 1. The molecule has 0 aliphatic rings. The molecule has 1 unspecified atom stereocenters. The smallest absolute Gasteiger partial charge is 0.262 e. The molecule has 1 atom stereocenters. The maximum Gasteiger partial charge on any atom is 0.262 e. The Morgan fingerprint density at radius 2 is 2.00 bits per heavy atom. The number of rotatable bonds is 4. The molecule has 2 N–H and O–H groups in total. The summed E-state index contributed by atoms with van der Waals surface area (Å²) in [5, 5.41) is 9.74. The number of sulfonamides is 1. The van der Waals surface area contributed by atoms with E-state index in [1.54, 1.807) is 31.2 Å². The summed E-state index contributed by atoms with van der Waals surface area (Å²) in [7, 11) is -3.78. The molecule has 0 fully saturated rings. The number of aliphatic hydroxyl groups is 1. The summed E-state index contributed by atoms with van der Waals surface area (Å²) in [5.41, 5.74) is 0.826. The quantitative estimate of drug-likeness (QED) is 0.850. The molecular formula is C13H13ClN2O3S. The Kier molecular flexibility index (Phi) is 4.27. The van der Waals surface area contributed by atoms with Crippen LogP contribution in [0, 0.1) is 0 Å². The first-order chi connectivity index (χ1) is 9.40. The molecule has 7 heteroatoms. The van der Waals surface area contributed by atoms with Crippen LogP contribution in [0.3, 0.4) is 0 Å². The standard InChI is InChI=1S/C13H13ClN2O3S/c1-9(17)11-4-2-3-5-12(11)16-20(18,19)10-6-7-15-13(14)8-10/h2-9,16-17H,1H3. The third kappa shape index (κ3) is 3.27. The Bertz CT molecular complexity index is 717. The second kappa shape index (κ2) is 5.78. The van der Waals surface area contributed by atoms with Gasteiger partial charge in [-0.3, -0.25) is 4.72 Å². The second-order valence-electron chi connectivity index (χ2n) is 4.18. The summed E-state index contributed by atoms with van der Waals surface area (Å²) in [6, 6.07) is 9.25. The number of hydrogen-bond donors (Lipinski definition) is 2. The summed E-state index contributed by atoms with van der Waals surface area (Å²) in [5.74, 6) is 0. The van der Waals surface area contributed by atoms with Gasteiger partial charge in [0.1, 0.15) is 5.15 Å². The van der Waals surface area contributed by atoms with E-state index in [2.05, 4.69) is 9.71 Å². The van der Waals surface area contributed by atoms with Crippen LogP contribution >= 0.6 is 11.6 Å². The molecule has 0 spiro atoms. The van der Waals surface area contributed by atoms with Crippen LogP contribution < -0.4 is 4.72 Å². The summed E-state index contributed by atoms with van der Waals surface area (Å²) in [4.78, 5) is 3.75. The largest absolute Gasteiger partial charge is 0.389 e. The molecule has 0 aliphatic carbocycles. The van der Waals surface area contributed by atoms with Gasteiger partial charge in [0, 0.05) is 11.8 Å². The van der Waals surface area contributed by atoms with Crippen LogP contribution in [0.15, 0.2) is 47.5 Å². The first-order valence-corrected chi connectivity index (χ1v) is 7.67. The number of aromatic nitrogens is 1. The van der Waals surface area contributed by atoms with Crippen molar-refractivity contribution < 1.29 is 13.5 Å². The minimum absolute atomic E-state index is 0.0119. The fourth-order valence-electron chi connectivity index (χ4n) is 1.71. The van der Waals surface area contributed by atoms with Crippen molar-refractivity contribution in [3.63, 3.8) is 0 Å². The zero-order chi connectivity index (χ0) is 14.8.